The Morgan fingerprint density at radius 1 is 0.960 bits per heavy atom. The van der Waals surface area contributed by atoms with Crippen molar-refractivity contribution < 1.29 is 9.59 Å². The Balaban J connectivity index is 2.04. The van der Waals surface area contributed by atoms with Crippen LogP contribution in [0.5, 0.6) is 0 Å². The van der Waals surface area contributed by atoms with E-state index in [1.54, 1.807) is 0 Å². The molecule has 0 aromatic carbocycles. The average Bonchev–Trinajstić information content (AvgIpc) is 2.56. The van der Waals surface area contributed by atoms with Gasteiger partial charge in [-0.2, -0.15) is 0 Å². The van der Waals surface area contributed by atoms with Crippen LogP contribution < -0.4 is 16.4 Å². The number of carbonyl (C=O) groups is 2. The lowest BCUT2D eigenvalue weighted by Gasteiger charge is -2.19. The van der Waals surface area contributed by atoms with E-state index in [4.69, 9.17) is 5.73 Å². The first-order valence-corrected chi connectivity index (χ1v) is 10.1. The van der Waals surface area contributed by atoms with Gasteiger partial charge in [-0.25, -0.2) is 0 Å². The minimum absolute atomic E-state index is 0.0163. The van der Waals surface area contributed by atoms with Gasteiger partial charge in [0.15, 0.2) is 0 Å². The largest absolute Gasteiger partial charge is 0.356 e. The van der Waals surface area contributed by atoms with Crippen molar-refractivity contribution in [1.29, 1.82) is 0 Å². The van der Waals surface area contributed by atoms with Gasteiger partial charge >= 0.3 is 0 Å². The summed E-state index contributed by atoms with van der Waals surface area (Å²) in [7, 11) is 2.07. The van der Waals surface area contributed by atoms with Crippen molar-refractivity contribution >= 4 is 11.8 Å². The molecule has 1 saturated carbocycles. The second-order valence-electron chi connectivity index (χ2n) is 7.23. The number of hydrogen-bond acceptors (Lipinski definition) is 4. The van der Waals surface area contributed by atoms with Gasteiger partial charge in [0.2, 0.25) is 11.8 Å². The molecule has 0 bridgehead atoms. The zero-order valence-electron chi connectivity index (χ0n) is 16.0. The van der Waals surface area contributed by atoms with Gasteiger partial charge in [-0.15, -0.1) is 0 Å². The van der Waals surface area contributed by atoms with E-state index in [9.17, 15) is 9.59 Å². The summed E-state index contributed by atoms with van der Waals surface area (Å²) < 4.78 is 0. The predicted octanol–water partition coefficient (Wildman–Crippen LogP) is 1.64. The Morgan fingerprint density at radius 2 is 1.60 bits per heavy atom. The molecule has 1 aliphatic rings. The van der Waals surface area contributed by atoms with Gasteiger partial charge in [-0.3, -0.25) is 9.59 Å². The molecular weight excluding hydrogens is 316 g/mol. The summed E-state index contributed by atoms with van der Waals surface area (Å²) in [4.78, 5) is 26.3. The van der Waals surface area contributed by atoms with E-state index in [0.717, 1.165) is 51.6 Å². The molecule has 6 heteroatoms. The van der Waals surface area contributed by atoms with Gasteiger partial charge in [-0.1, -0.05) is 32.1 Å². The Morgan fingerprint density at radius 3 is 2.28 bits per heavy atom. The average molecular weight is 355 g/mol. The van der Waals surface area contributed by atoms with E-state index in [2.05, 4.69) is 22.6 Å². The van der Waals surface area contributed by atoms with Crippen molar-refractivity contribution in [2.24, 2.45) is 11.7 Å². The van der Waals surface area contributed by atoms with Crippen LogP contribution in [0.2, 0.25) is 0 Å². The van der Waals surface area contributed by atoms with Crippen LogP contribution in [-0.2, 0) is 9.59 Å². The normalized spacial score (nSPS) is 16.3. The molecule has 0 atom stereocenters. The molecule has 0 aliphatic heterocycles. The second kappa shape index (κ2) is 14.1. The van der Waals surface area contributed by atoms with E-state index in [0.29, 0.717) is 26.1 Å². The highest BCUT2D eigenvalue weighted by Crippen LogP contribution is 2.22. The summed E-state index contributed by atoms with van der Waals surface area (Å²) in [6.07, 6.45) is 10.4. The summed E-state index contributed by atoms with van der Waals surface area (Å²) in [6, 6.07) is 0. The van der Waals surface area contributed by atoms with E-state index >= 15 is 0 Å². The first-order chi connectivity index (χ1) is 12.1. The molecule has 0 aromatic rings. The molecule has 0 heterocycles. The smallest absolute Gasteiger partial charge is 0.223 e. The topological polar surface area (TPSA) is 87.5 Å². The van der Waals surface area contributed by atoms with E-state index in [1.807, 2.05) is 0 Å². The number of hydrogen-bond donors (Lipinski definition) is 3. The highest BCUT2D eigenvalue weighted by molar-refractivity contribution is 5.80. The number of carbonyl (C=O) groups excluding carboxylic acids is 2. The van der Waals surface area contributed by atoms with Crippen LogP contribution in [0.25, 0.3) is 0 Å². The number of nitrogens with two attached hydrogens (primary N) is 1. The lowest BCUT2D eigenvalue weighted by molar-refractivity contribution is -0.125. The molecule has 0 unspecified atom stereocenters. The summed E-state index contributed by atoms with van der Waals surface area (Å²) in [5.41, 5.74) is 5.49. The molecule has 25 heavy (non-hydrogen) atoms. The zero-order chi connectivity index (χ0) is 18.3. The molecule has 1 fully saturated rings. The Bertz CT molecular complexity index is 368. The SMILES string of the molecule is CN(CCCN)CCCNC(=O)CCNC(=O)C1CCCCCCC1. The van der Waals surface area contributed by atoms with Crippen LogP contribution in [0.4, 0.5) is 0 Å². The second-order valence-corrected chi connectivity index (χ2v) is 7.23. The number of amides is 2. The fourth-order valence-corrected chi connectivity index (χ4v) is 3.30. The summed E-state index contributed by atoms with van der Waals surface area (Å²) in [5, 5.41) is 5.87. The molecule has 0 spiro atoms. The third kappa shape index (κ3) is 11.2. The molecule has 0 saturated heterocycles. The van der Waals surface area contributed by atoms with E-state index in [1.165, 1.54) is 19.3 Å². The van der Waals surface area contributed by atoms with Crippen LogP contribution in [0.1, 0.15) is 64.2 Å². The van der Waals surface area contributed by atoms with Crippen LogP contribution in [0, 0.1) is 5.92 Å². The van der Waals surface area contributed by atoms with Crippen molar-refractivity contribution in [3.8, 4) is 0 Å². The zero-order valence-corrected chi connectivity index (χ0v) is 16.0. The maximum atomic E-state index is 12.2. The van der Waals surface area contributed by atoms with E-state index in [-0.39, 0.29) is 17.7 Å². The van der Waals surface area contributed by atoms with E-state index < -0.39 is 0 Å². The number of rotatable bonds is 11. The lowest BCUT2D eigenvalue weighted by atomic mass is 9.90. The Hall–Kier alpha value is -1.14. The highest BCUT2D eigenvalue weighted by atomic mass is 16.2. The van der Waals surface area contributed by atoms with Crippen LogP contribution >= 0.6 is 0 Å². The van der Waals surface area contributed by atoms with Crippen LogP contribution in [0.15, 0.2) is 0 Å². The van der Waals surface area contributed by atoms with Crippen LogP contribution in [0.3, 0.4) is 0 Å². The van der Waals surface area contributed by atoms with Gasteiger partial charge in [0.25, 0.3) is 0 Å². The number of nitrogens with one attached hydrogen (secondary N) is 2. The fraction of sp³-hybridized carbons (Fsp3) is 0.895. The first kappa shape index (κ1) is 21.9. The molecule has 0 aromatic heterocycles. The van der Waals surface area contributed by atoms with Gasteiger partial charge in [0.1, 0.15) is 0 Å². The van der Waals surface area contributed by atoms with Crippen LogP contribution in [-0.4, -0.2) is 56.5 Å². The monoisotopic (exact) mass is 354 g/mol. The predicted molar refractivity (Wildman–Crippen MR) is 102 cm³/mol. The number of nitrogens with zero attached hydrogens (tertiary/aromatic N) is 1. The van der Waals surface area contributed by atoms with Gasteiger partial charge < -0.3 is 21.3 Å². The minimum atomic E-state index is 0.0163. The maximum absolute atomic E-state index is 12.2. The minimum Gasteiger partial charge on any atom is -0.356 e. The molecule has 1 rings (SSSR count). The Kier molecular flexibility index (Phi) is 12.3. The highest BCUT2D eigenvalue weighted by Gasteiger charge is 2.18. The molecule has 4 N–H and O–H groups in total. The molecule has 6 nitrogen and oxygen atoms in total. The van der Waals surface area contributed by atoms with Crippen molar-refractivity contribution in [3.05, 3.63) is 0 Å². The summed E-state index contributed by atoms with van der Waals surface area (Å²) in [5.74, 6) is 0.297. The summed E-state index contributed by atoms with van der Waals surface area (Å²) in [6.45, 7) is 3.80. The third-order valence-corrected chi connectivity index (χ3v) is 4.91. The molecular formula is C19H38N4O2. The molecule has 0 radical (unpaired) electrons. The van der Waals surface area contributed by atoms with Crippen molar-refractivity contribution in [3.63, 3.8) is 0 Å². The third-order valence-electron chi connectivity index (χ3n) is 4.91. The Labute approximate surface area is 153 Å². The first-order valence-electron chi connectivity index (χ1n) is 10.1. The van der Waals surface area contributed by atoms with Crippen molar-refractivity contribution in [1.82, 2.24) is 15.5 Å². The van der Waals surface area contributed by atoms with Gasteiger partial charge in [0.05, 0.1) is 0 Å². The fourth-order valence-electron chi connectivity index (χ4n) is 3.30. The van der Waals surface area contributed by atoms with Crippen molar-refractivity contribution in [2.75, 3.05) is 39.8 Å². The standard InChI is InChI=1S/C19H38N4O2/c1-23(15-7-12-20)16-8-13-21-18(24)11-14-22-19(25)17-9-5-3-2-4-6-10-17/h17H,2-16,20H2,1H3,(H,21,24)(H,22,25). The summed E-state index contributed by atoms with van der Waals surface area (Å²) >= 11 is 0. The molecule has 146 valence electrons. The quantitative estimate of drug-likeness (QED) is 0.492. The lowest BCUT2D eigenvalue weighted by Crippen LogP contribution is -2.35. The van der Waals surface area contributed by atoms with Gasteiger partial charge in [0, 0.05) is 25.4 Å². The molecule has 2 amide bonds. The maximum Gasteiger partial charge on any atom is 0.223 e. The molecule has 1 aliphatic carbocycles. The van der Waals surface area contributed by atoms with Gasteiger partial charge in [-0.05, 0) is 52.4 Å². The van der Waals surface area contributed by atoms with Crippen molar-refractivity contribution in [2.45, 2.75) is 64.2 Å².